The number of carbonyl (C=O) groups is 1. The number of aromatic nitrogens is 1. The largest absolute Gasteiger partial charge is 0.416 e. The van der Waals surface area contributed by atoms with Gasteiger partial charge >= 0.3 is 6.18 Å². The first kappa shape index (κ1) is 17.0. The van der Waals surface area contributed by atoms with Crippen molar-refractivity contribution in [1.29, 1.82) is 0 Å². The highest BCUT2D eigenvalue weighted by Gasteiger charge is 2.31. The Morgan fingerprint density at radius 2 is 1.96 bits per heavy atom. The third-order valence-electron chi connectivity index (χ3n) is 3.65. The van der Waals surface area contributed by atoms with Gasteiger partial charge in [0.2, 0.25) is 0 Å². The number of pyridine rings is 1. The SMILES string of the molecule is CCN(C(=O)c1ccccn1)C(C)c1cccc(C(F)(F)F)c1. The van der Waals surface area contributed by atoms with Crippen molar-refractivity contribution in [2.24, 2.45) is 0 Å². The van der Waals surface area contributed by atoms with Gasteiger partial charge < -0.3 is 4.90 Å². The summed E-state index contributed by atoms with van der Waals surface area (Å²) in [5.41, 5.74) is -0.0117. The fourth-order valence-corrected chi connectivity index (χ4v) is 2.38. The average Bonchev–Trinajstić information content (AvgIpc) is 2.55. The summed E-state index contributed by atoms with van der Waals surface area (Å²) in [4.78, 5) is 18.0. The monoisotopic (exact) mass is 322 g/mol. The molecule has 1 atom stereocenters. The third-order valence-corrected chi connectivity index (χ3v) is 3.65. The Morgan fingerprint density at radius 3 is 2.52 bits per heavy atom. The highest BCUT2D eigenvalue weighted by molar-refractivity contribution is 5.92. The van der Waals surface area contributed by atoms with E-state index in [1.165, 1.54) is 17.2 Å². The third kappa shape index (κ3) is 3.88. The maximum absolute atomic E-state index is 12.8. The van der Waals surface area contributed by atoms with Crippen LogP contribution in [-0.4, -0.2) is 22.3 Å². The molecule has 0 aliphatic carbocycles. The van der Waals surface area contributed by atoms with Gasteiger partial charge in [0.1, 0.15) is 5.69 Å². The van der Waals surface area contributed by atoms with Crippen LogP contribution < -0.4 is 0 Å². The number of amides is 1. The van der Waals surface area contributed by atoms with Crippen LogP contribution in [0.5, 0.6) is 0 Å². The van der Waals surface area contributed by atoms with Gasteiger partial charge in [-0.3, -0.25) is 9.78 Å². The van der Waals surface area contributed by atoms with E-state index in [2.05, 4.69) is 4.98 Å². The number of halogens is 3. The highest BCUT2D eigenvalue weighted by atomic mass is 19.4. The quantitative estimate of drug-likeness (QED) is 0.840. The first-order chi connectivity index (χ1) is 10.8. The maximum atomic E-state index is 12.8. The fourth-order valence-electron chi connectivity index (χ4n) is 2.38. The molecule has 0 fully saturated rings. The summed E-state index contributed by atoms with van der Waals surface area (Å²) in [7, 11) is 0. The van der Waals surface area contributed by atoms with Crippen LogP contribution in [-0.2, 0) is 6.18 Å². The molecule has 3 nitrogen and oxygen atoms in total. The van der Waals surface area contributed by atoms with Crippen LogP contribution in [0.2, 0.25) is 0 Å². The van der Waals surface area contributed by atoms with Crippen molar-refractivity contribution in [2.75, 3.05) is 6.54 Å². The van der Waals surface area contributed by atoms with Gasteiger partial charge in [0.15, 0.2) is 0 Å². The van der Waals surface area contributed by atoms with Crippen molar-refractivity contribution in [2.45, 2.75) is 26.1 Å². The lowest BCUT2D eigenvalue weighted by Crippen LogP contribution is -2.34. The molecular weight excluding hydrogens is 305 g/mol. The Hall–Kier alpha value is -2.37. The minimum atomic E-state index is -4.40. The van der Waals surface area contributed by atoms with Crippen LogP contribution in [0.3, 0.4) is 0 Å². The smallest absolute Gasteiger partial charge is 0.331 e. The van der Waals surface area contributed by atoms with Gasteiger partial charge in [-0.2, -0.15) is 13.2 Å². The zero-order valence-corrected chi connectivity index (χ0v) is 12.8. The standard InChI is InChI=1S/C17H17F3N2O/c1-3-22(16(23)15-9-4-5-10-21-15)12(2)13-7-6-8-14(11-13)17(18,19)20/h4-12H,3H2,1-2H3. The first-order valence-electron chi connectivity index (χ1n) is 7.23. The molecule has 1 amide bonds. The van der Waals surface area contributed by atoms with Crippen molar-refractivity contribution in [3.63, 3.8) is 0 Å². The van der Waals surface area contributed by atoms with E-state index in [1.54, 1.807) is 38.1 Å². The summed E-state index contributed by atoms with van der Waals surface area (Å²) in [5.74, 6) is -0.307. The van der Waals surface area contributed by atoms with Gasteiger partial charge in [0, 0.05) is 12.7 Å². The molecule has 1 heterocycles. The predicted octanol–water partition coefficient (Wildman–Crippen LogP) is 4.32. The van der Waals surface area contributed by atoms with Crippen molar-refractivity contribution >= 4 is 5.91 Å². The van der Waals surface area contributed by atoms with Gasteiger partial charge in [-0.1, -0.05) is 18.2 Å². The Labute approximate surface area is 132 Å². The van der Waals surface area contributed by atoms with Crippen LogP contribution in [0, 0.1) is 0 Å². The lowest BCUT2D eigenvalue weighted by molar-refractivity contribution is -0.137. The molecule has 0 aliphatic heterocycles. The van der Waals surface area contributed by atoms with Crippen LogP contribution in [0.15, 0.2) is 48.7 Å². The topological polar surface area (TPSA) is 33.2 Å². The van der Waals surface area contributed by atoms with Gasteiger partial charge in [0.05, 0.1) is 11.6 Å². The Morgan fingerprint density at radius 1 is 1.22 bits per heavy atom. The highest BCUT2D eigenvalue weighted by Crippen LogP contribution is 2.32. The van der Waals surface area contributed by atoms with E-state index < -0.39 is 17.8 Å². The van der Waals surface area contributed by atoms with Crippen molar-refractivity contribution < 1.29 is 18.0 Å². The Bertz CT molecular complexity index is 671. The number of rotatable bonds is 4. The second-order valence-electron chi connectivity index (χ2n) is 5.11. The van der Waals surface area contributed by atoms with Gasteiger partial charge in [-0.15, -0.1) is 0 Å². The molecule has 1 aromatic carbocycles. The average molecular weight is 322 g/mol. The number of hydrogen-bond donors (Lipinski definition) is 0. The Kier molecular flexibility index (Phi) is 5.03. The molecular formula is C17H17F3N2O. The second kappa shape index (κ2) is 6.81. The van der Waals surface area contributed by atoms with E-state index in [0.717, 1.165) is 12.1 Å². The van der Waals surface area contributed by atoms with E-state index in [0.29, 0.717) is 12.1 Å². The van der Waals surface area contributed by atoms with Gasteiger partial charge in [-0.05, 0) is 43.7 Å². The van der Waals surface area contributed by atoms with Crippen LogP contribution in [0.4, 0.5) is 13.2 Å². The minimum Gasteiger partial charge on any atom is -0.331 e. The molecule has 23 heavy (non-hydrogen) atoms. The van der Waals surface area contributed by atoms with Crippen LogP contribution in [0.1, 0.15) is 41.5 Å². The molecule has 1 aromatic heterocycles. The van der Waals surface area contributed by atoms with Crippen LogP contribution in [0.25, 0.3) is 0 Å². The molecule has 0 saturated carbocycles. The minimum absolute atomic E-state index is 0.271. The Balaban J connectivity index is 2.30. The second-order valence-corrected chi connectivity index (χ2v) is 5.11. The molecule has 0 bridgehead atoms. The molecule has 0 spiro atoms. The summed E-state index contributed by atoms with van der Waals surface area (Å²) in [6.07, 6.45) is -2.90. The number of hydrogen-bond acceptors (Lipinski definition) is 2. The lowest BCUT2D eigenvalue weighted by atomic mass is 10.0. The molecule has 2 aromatic rings. The predicted molar refractivity (Wildman–Crippen MR) is 80.8 cm³/mol. The fraction of sp³-hybridized carbons (Fsp3) is 0.294. The van der Waals surface area contributed by atoms with Crippen molar-refractivity contribution in [1.82, 2.24) is 9.88 Å². The number of alkyl halides is 3. The van der Waals surface area contributed by atoms with Crippen molar-refractivity contribution in [3.05, 3.63) is 65.5 Å². The summed E-state index contributed by atoms with van der Waals surface area (Å²) in [6, 6.07) is 9.54. The lowest BCUT2D eigenvalue weighted by Gasteiger charge is -2.28. The summed E-state index contributed by atoms with van der Waals surface area (Å²) >= 11 is 0. The molecule has 2 rings (SSSR count). The number of benzene rings is 1. The van der Waals surface area contributed by atoms with E-state index in [1.807, 2.05) is 0 Å². The van der Waals surface area contributed by atoms with Gasteiger partial charge in [-0.25, -0.2) is 0 Å². The number of nitrogens with zero attached hydrogens (tertiary/aromatic N) is 2. The van der Waals surface area contributed by atoms with Crippen molar-refractivity contribution in [3.8, 4) is 0 Å². The molecule has 122 valence electrons. The zero-order valence-electron chi connectivity index (χ0n) is 12.8. The summed E-state index contributed by atoms with van der Waals surface area (Å²) in [6.45, 7) is 3.86. The zero-order chi connectivity index (χ0) is 17.0. The first-order valence-corrected chi connectivity index (χ1v) is 7.23. The summed E-state index contributed by atoms with van der Waals surface area (Å²) in [5, 5.41) is 0. The molecule has 6 heteroatoms. The van der Waals surface area contributed by atoms with Crippen LogP contribution >= 0.6 is 0 Å². The van der Waals surface area contributed by atoms with Gasteiger partial charge in [0.25, 0.3) is 5.91 Å². The van der Waals surface area contributed by atoms with E-state index in [4.69, 9.17) is 0 Å². The molecule has 0 radical (unpaired) electrons. The normalized spacial score (nSPS) is 12.7. The summed E-state index contributed by atoms with van der Waals surface area (Å²) < 4.78 is 38.5. The molecule has 0 aliphatic rings. The molecule has 1 unspecified atom stereocenters. The number of carbonyl (C=O) groups excluding carboxylic acids is 1. The molecule has 0 N–H and O–H groups in total. The maximum Gasteiger partial charge on any atom is 0.416 e. The van der Waals surface area contributed by atoms with E-state index >= 15 is 0 Å². The van der Waals surface area contributed by atoms with E-state index in [9.17, 15) is 18.0 Å². The molecule has 0 saturated heterocycles. The van der Waals surface area contributed by atoms with E-state index in [-0.39, 0.29) is 11.6 Å².